The van der Waals surface area contributed by atoms with Gasteiger partial charge in [0.05, 0.1) is 6.04 Å². The minimum Gasteiger partial charge on any atom is -0.399 e. The summed E-state index contributed by atoms with van der Waals surface area (Å²) in [4.78, 5) is 15.4. The molecule has 0 aliphatic carbocycles. The second-order valence-electron chi connectivity index (χ2n) is 5.14. The van der Waals surface area contributed by atoms with Crippen molar-refractivity contribution >= 4 is 22.5 Å². The number of amides is 1. The van der Waals surface area contributed by atoms with E-state index in [2.05, 4.69) is 10.3 Å². The average Bonchev–Trinajstić information content (AvgIpc) is 2.95. The highest BCUT2D eigenvalue weighted by atomic mass is 16.1. The SMILES string of the molecule is CC(NC(=O)c1ccc2cc[nH]c2c1)c1ccc(N)cc1. The van der Waals surface area contributed by atoms with E-state index in [9.17, 15) is 4.79 Å². The molecule has 4 N–H and O–H groups in total. The summed E-state index contributed by atoms with van der Waals surface area (Å²) < 4.78 is 0. The molecular weight excluding hydrogens is 262 g/mol. The second-order valence-corrected chi connectivity index (χ2v) is 5.14. The summed E-state index contributed by atoms with van der Waals surface area (Å²) >= 11 is 0. The van der Waals surface area contributed by atoms with Crippen LogP contribution in [0.2, 0.25) is 0 Å². The Morgan fingerprint density at radius 3 is 2.67 bits per heavy atom. The minimum absolute atomic E-state index is 0.0718. The number of benzene rings is 2. The van der Waals surface area contributed by atoms with E-state index in [-0.39, 0.29) is 11.9 Å². The van der Waals surface area contributed by atoms with Crippen LogP contribution in [0.1, 0.15) is 28.9 Å². The molecule has 4 heteroatoms. The number of rotatable bonds is 3. The summed E-state index contributed by atoms with van der Waals surface area (Å²) in [5.74, 6) is -0.0872. The largest absolute Gasteiger partial charge is 0.399 e. The van der Waals surface area contributed by atoms with Gasteiger partial charge in [0, 0.05) is 23.0 Å². The third-order valence-corrected chi connectivity index (χ3v) is 3.60. The summed E-state index contributed by atoms with van der Waals surface area (Å²) in [6, 6.07) is 15.1. The molecule has 0 fully saturated rings. The number of aromatic amines is 1. The molecule has 0 saturated heterocycles. The van der Waals surface area contributed by atoms with Gasteiger partial charge in [-0.3, -0.25) is 4.79 Å². The Kier molecular flexibility index (Phi) is 3.36. The lowest BCUT2D eigenvalue weighted by atomic mass is 10.1. The van der Waals surface area contributed by atoms with Crippen molar-refractivity contribution in [1.82, 2.24) is 10.3 Å². The number of fused-ring (bicyclic) bond motifs is 1. The molecule has 1 aromatic heterocycles. The smallest absolute Gasteiger partial charge is 0.251 e. The number of hydrogen-bond acceptors (Lipinski definition) is 2. The molecule has 1 atom stereocenters. The number of nitrogens with two attached hydrogens (primary N) is 1. The first kappa shape index (κ1) is 13.2. The third kappa shape index (κ3) is 2.74. The summed E-state index contributed by atoms with van der Waals surface area (Å²) in [5.41, 5.74) is 9.02. The Balaban J connectivity index is 1.77. The van der Waals surface area contributed by atoms with Gasteiger partial charge in [0.1, 0.15) is 0 Å². The topological polar surface area (TPSA) is 70.9 Å². The van der Waals surface area contributed by atoms with Crippen molar-refractivity contribution in [3.63, 3.8) is 0 Å². The van der Waals surface area contributed by atoms with Crippen LogP contribution in [-0.2, 0) is 0 Å². The molecule has 1 amide bonds. The van der Waals surface area contributed by atoms with E-state index in [1.54, 1.807) is 0 Å². The number of anilines is 1. The van der Waals surface area contributed by atoms with E-state index in [4.69, 9.17) is 5.73 Å². The van der Waals surface area contributed by atoms with Crippen LogP contribution in [0, 0.1) is 0 Å². The molecule has 1 unspecified atom stereocenters. The molecule has 0 saturated carbocycles. The van der Waals surface area contributed by atoms with Crippen LogP contribution in [0.25, 0.3) is 10.9 Å². The van der Waals surface area contributed by atoms with Crippen LogP contribution >= 0.6 is 0 Å². The van der Waals surface area contributed by atoms with Crippen LogP contribution in [0.5, 0.6) is 0 Å². The van der Waals surface area contributed by atoms with Crippen LogP contribution in [0.15, 0.2) is 54.7 Å². The minimum atomic E-state index is -0.0872. The molecular formula is C17H17N3O. The van der Waals surface area contributed by atoms with Gasteiger partial charge in [-0.1, -0.05) is 18.2 Å². The molecule has 1 heterocycles. The van der Waals surface area contributed by atoms with Crippen LogP contribution in [0.4, 0.5) is 5.69 Å². The maximum absolute atomic E-state index is 12.3. The first-order valence-corrected chi connectivity index (χ1v) is 6.87. The Labute approximate surface area is 123 Å². The Bertz CT molecular complexity index is 774. The maximum atomic E-state index is 12.3. The van der Waals surface area contributed by atoms with Crippen molar-refractivity contribution in [2.75, 3.05) is 5.73 Å². The van der Waals surface area contributed by atoms with Crippen molar-refractivity contribution in [2.45, 2.75) is 13.0 Å². The number of nitrogen functional groups attached to an aromatic ring is 1. The van der Waals surface area contributed by atoms with Gasteiger partial charge in [0.2, 0.25) is 0 Å². The quantitative estimate of drug-likeness (QED) is 0.644. The molecule has 0 bridgehead atoms. The van der Waals surface area contributed by atoms with Crippen LogP contribution < -0.4 is 11.1 Å². The van der Waals surface area contributed by atoms with Crippen LogP contribution in [0.3, 0.4) is 0 Å². The Hall–Kier alpha value is -2.75. The summed E-state index contributed by atoms with van der Waals surface area (Å²) in [6.45, 7) is 1.95. The van der Waals surface area contributed by atoms with Gasteiger partial charge in [-0.15, -0.1) is 0 Å². The Morgan fingerprint density at radius 1 is 1.14 bits per heavy atom. The van der Waals surface area contributed by atoms with Gasteiger partial charge in [-0.05, 0) is 48.2 Å². The fourth-order valence-electron chi connectivity index (χ4n) is 2.34. The molecule has 21 heavy (non-hydrogen) atoms. The summed E-state index contributed by atoms with van der Waals surface area (Å²) in [5, 5.41) is 4.09. The number of H-pyrrole nitrogens is 1. The van der Waals surface area contributed by atoms with Gasteiger partial charge in [-0.2, -0.15) is 0 Å². The highest BCUT2D eigenvalue weighted by Gasteiger charge is 2.12. The number of carbonyl (C=O) groups is 1. The van der Waals surface area contributed by atoms with E-state index in [1.165, 1.54) is 0 Å². The van der Waals surface area contributed by atoms with Crippen LogP contribution in [-0.4, -0.2) is 10.9 Å². The van der Waals surface area contributed by atoms with Gasteiger partial charge >= 0.3 is 0 Å². The van der Waals surface area contributed by atoms with Crippen molar-refractivity contribution in [3.8, 4) is 0 Å². The highest BCUT2D eigenvalue weighted by molar-refractivity contribution is 5.98. The standard InChI is InChI=1S/C17H17N3O/c1-11(12-4-6-15(18)7-5-12)20-17(21)14-3-2-13-8-9-19-16(13)10-14/h2-11,19H,18H2,1H3,(H,20,21). The van der Waals surface area contributed by atoms with Gasteiger partial charge in [0.25, 0.3) is 5.91 Å². The van der Waals surface area contributed by atoms with Crippen molar-refractivity contribution in [2.24, 2.45) is 0 Å². The van der Waals surface area contributed by atoms with E-state index in [1.807, 2.05) is 61.7 Å². The molecule has 106 valence electrons. The molecule has 0 spiro atoms. The van der Waals surface area contributed by atoms with E-state index < -0.39 is 0 Å². The summed E-state index contributed by atoms with van der Waals surface area (Å²) in [6.07, 6.45) is 1.86. The number of aromatic nitrogens is 1. The molecule has 0 radical (unpaired) electrons. The molecule has 3 aromatic rings. The van der Waals surface area contributed by atoms with E-state index >= 15 is 0 Å². The molecule has 2 aromatic carbocycles. The summed E-state index contributed by atoms with van der Waals surface area (Å²) in [7, 11) is 0. The monoisotopic (exact) mass is 279 g/mol. The second kappa shape index (κ2) is 5.32. The zero-order valence-electron chi connectivity index (χ0n) is 11.8. The van der Waals surface area contributed by atoms with Crippen molar-refractivity contribution in [3.05, 3.63) is 65.9 Å². The normalized spacial score (nSPS) is 12.2. The fraction of sp³-hybridized carbons (Fsp3) is 0.118. The number of hydrogen-bond donors (Lipinski definition) is 3. The lowest BCUT2D eigenvalue weighted by Crippen LogP contribution is -2.26. The zero-order valence-corrected chi connectivity index (χ0v) is 11.8. The van der Waals surface area contributed by atoms with E-state index in [0.717, 1.165) is 22.2 Å². The first-order valence-electron chi connectivity index (χ1n) is 6.87. The predicted octanol–water partition coefficient (Wildman–Crippen LogP) is 3.24. The molecule has 0 aliphatic heterocycles. The average molecular weight is 279 g/mol. The lowest BCUT2D eigenvalue weighted by Gasteiger charge is -2.14. The highest BCUT2D eigenvalue weighted by Crippen LogP contribution is 2.17. The fourth-order valence-corrected chi connectivity index (χ4v) is 2.34. The van der Waals surface area contributed by atoms with Gasteiger partial charge in [-0.25, -0.2) is 0 Å². The van der Waals surface area contributed by atoms with Gasteiger partial charge in [0.15, 0.2) is 0 Å². The number of nitrogens with one attached hydrogen (secondary N) is 2. The van der Waals surface area contributed by atoms with Crippen molar-refractivity contribution < 1.29 is 4.79 Å². The Morgan fingerprint density at radius 2 is 1.90 bits per heavy atom. The lowest BCUT2D eigenvalue weighted by molar-refractivity contribution is 0.0940. The zero-order chi connectivity index (χ0) is 14.8. The molecule has 0 aliphatic rings. The third-order valence-electron chi connectivity index (χ3n) is 3.60. The van der Waals surface area contributed by atoms with Crippen molar-refractivity contribution in [1.29, 1.82) is 0 Å². The predicted molar refractivity (Wildman–Crippen MR) is 85.0 cm³/mol. The molecule has 3 rings (SSSR count). The van der Waals surface area contributed by atoms with E-state index in [0.29, 0.717) is 5.56 Å². The molecule has 4 nitrogen and oxygen atoms in total. The van der Waals surface area contributed by atoms with Gasteiger partial charge < -0.3 is 16.0 Å². The first-order chi connectivity index (χ1) is 10.1. The maximum Gasteiger partial charge on any atom is 0.251 e. The number of carbonyl (C=O) groups excluding carboxylic acids is 1.